The van der Waals surface area contributed by atoms with Gasteiger partial charge >= 0.3 is 12.2 Å². The highest BCUT2D eigenvalue weighted by Crippen LogP contribution is 2.16. The van der Waals surface area contributed by atoms with Gasteiger partial charge in [-0.1, -0.05) is 13.8 Å². The first kappa shape index (κ1) is 25.5. The Labute approximate surface area is 166 Å². The molecule has 0 saturated carbocycles. The number of carbonyl (C=O) groups is 4. The van der Waals surface area contributed by atoms with Crippen LogP contribution in [0.5, 0.6) is 0 Å². The Morgan fingerprint density at radius 1 is 0.750 bits per heavy atom. The van der Waals surface area contributed by atoms with Crippen molar-refractivity contribution in [1.29, 1.82) is 0 Å². The lowest BCUT2D eigenvalue weighted by atomic mass is 9.92. The van der Waals surface area contributed by atoms with E-state index >= 15 is 0 Å². The summed E-state index contributed by atoms with van der Waals surface area (Å²) in [7, 11) is 0. The molecule has 0 heterocycles. The van der Waals surface area contributed by atoms with Crippen molar-refractivity contribution in [1.82, 2.24) is 21.7 Å². The predicted molar refractivity (Wildman–Crippen MR) is 103 cm³/mol. The maximum absolute atomic E-state index is 12.2. The van der Waals surface area contributed by atoms with E-state index in [1.165, 1.54) is 0 Å². The highest BCUT2D eigenvalue weighted by molar-refractivity contribution is 5.83. The van der Waals surface area contributed by atoms with E-state index in [-0.39, 0.29) is 6.42 Å². The molecule has 0 aromatic carbocycles. The minimum Gasteiger partial charge on any atom is -0.443 e. The van der Waals surface area contributed by atoms with Gasteiger partial charge in [-0.25, -0.2) is 20.4 Å². The summed E-state index contributed by atoms with van der Waals surface area (Å²) in [6.07, 6.45) is -0.874. The summed E-state index contributed by atoms with van der Waals surface area (Å²) < 4.78 is 10.0. The molecule has 2 unspecified atom stereocenters. The number of nitrogens with one attached hydrogen (secondary N) is 4. The lowest BCUT2D eigenvalue weighted by molar-refractivity contribution is -0.129. The highest BCUT2D eigenvalue weighted by atomic mass is 16.6. The van der Waals surface area contributed by atoms with Gasteiger partial charge in [0.1, 0.15) is 11.2 Å². The van der Waals surface area contributed by atoms with E-state index in [0.717, 1.165) is 0 Å². The van der Waals surface area contributed by atoms with Crippen LogP contribution in [-0.2, 0) is 19.1 Å². The Hall–Kier alpha value is -2.52. The van der Waals surface area contributed by atoms with Gasteiger partial charge in [-0.2, -0.15) is 0 Å². The van der Waals surface area contributed by atoms with Crippen molar-refractivity contribution in [2.45, 2.75) is 79.4 Å². The second-order valence-corrected chi connectivity index (χ2v) is 8.47. The predicted octanol–water partition coefficient (Wildman–Crippen LogP) is 2.15. The van der Waals surface area contributed by atoms with Gasteiger partial charge in [-0.05, 0) is 54.4 Å². The Balaban J connectivity index is 4.47. The second-order valence-electron chi connectivity index (χ2n) is 8.47. The molecule has 0 aliphatic carbocycles. The number of hydrazine groups is 2. The summed E-state index contributed by atoms with van der Waals surface area (Å²) in [5, 5.41) is 0. The number of hydrogen-bond acceptors (Lipinski definition) is 6. The van der Waals surface area contributed by atoms with Gasteiger partial charge in [0.2, 0.25) is 11.8 Å². The third kappa shape index (κ3) is 12.0. The first-order chi connectivity index (χ1) is 12.6. The molecule has 0 aliphatic heterocycles. The van der Waals surface area contributed by atoms with E-state index in [9.17, 15) is 19.2 Å². The standard InChI is InChI=1S/C18H34N4O6/c1-9-12(14(24)20-22-16(26)28-18(6,7)8)10-11(2)13(23)19-21-15(25)27-17(3,4)5/h11-12H,9-10H2,1-8H3,(H,19,23)(H,20,24)(H,21,25)(H,22,26). The quantitative estimate of drug-likeness (QED) is 0.521. The topological polar surface area (TPSA) is 135 Å². The van der Waals surface area contributed by atoms with Crippen LogP contribution in [0.4, 0.5) is 9.59 Å². The number of hydrogen-bond donors (Lipinski definition) is 4. The molecule has 0 aromatic heterocycles. The molecular weight excluding hydrogens is 368 g/mol. The van der Waals surface area contributed by atoms with Crippen molar-refractivity contribution in [2.24, 2.45) is 11.8 Å². The lowest BCUT2D eigenvalue weighted by Gasteiger charge is -2.22. The van der Waals surface area contributed by atoms with Crippen LogP contribution >= 0.6 is 0 Å². The first-order valence-electron chi connectivity index (χ1n) is 9.22. The zero-order valence-electron chi connectivity index (χ0n) is 18.0. The fraction of sp³-hybridized carbons (Fsp3) is 0.778. The molecule has 0 saturated heterocycles. The van der Waals surface area contributed by atoms with E-state index in [2.05, 4.69) is 21.7 Å². The SMILES string of the molecule is CCC(CC(C)C(=O)NNC(=O)OC(C)(C)C)C(=O)NNC(=O)OC(C)(C)C. The summed E-state index contributed by atoms with van der Waals surface area (Å²) >= 11 is 0. The maximum Gasteiger partial charge on any atom is 0.426 e. The van der Waals surface area contributed by atoms with Crippen LogP contribution in [0.3, 0.4) is 0 Å². The van der Waals surface area contributed by atoms with Gasteiger partial charge in [0.05, 0.1) is 0 Å². The normalized spacial score (nSPS) is 13.6. The second kappa shape index (κ2) is 10.7. The van der Waals surface area contributed by atoms with Gasteiger partial charge in [0, 0.05) is 11.8 Å². The summed E-state index contributed by atoms with van der Waals surface area (Å²) in [5.74, 6) is -1.98. The molecule has 0 rings (SSSR count). The highest BCUT2D eigenvalue weighted by Gasteiger charge is 2.25. The zero-order valence-corrected chi connectivity index (χ0v) is 18.0. The fourth-order valence-corrected chi connectivity index (χ4v) is 2.05. The molecule has 10 nitrogen and oxygen atoms in total. The van der Waals surface area contributed by atoms with Crippen LogP contribution in [0.2, 0.25) is 0 Å². The molecule has 162 valence electrons. The summed E-state index contributed by atoms with van der Waals surface area (Å²) in [6.45, 7) is 13.6. The molecule has 4 N–H and O–H groups in total. The minimum atomic E-state index is -0.778. The van der Waals surface area contributed by atoms with E-state index in [1.54, 1.807) is 55.4 Å². The van der Waals surface area contributed by atoms with Crippen molar-refractivity contribution in [3.8, 4) is 0 Å². The molecular formula is C18H34N4O6. The van der Waals surface area contributed by atoms with Gasteiger partial charge in [-0.15, -0.1) is 0 Å². The molecule has 28 heavy (non-hydrogen) atoms. The van der Waals surface area contributed by atoms with Crippen LogP contribution in [0.15, 0.2) is 0 Å². The van der Waals surface area contributed by atoms with Crippen LogP contribution in [0, 0.1) is 11.8 Å². The fourth-order valence-electron chi connectivity index (χ4n) is 2.05. The summed E-state index contributed by atoms with van der Waals surface area (Å²) in [4.78, 5) is 47.5. The monoisotopic (exact) mass is 402 g/mol. The van der Waals surface area contributed by atoms with E-state index in [1.807, 2.05) is 0 Å². The largest absolute Gasteiger partial charge is 0.443 e. The molecule has 0 spiro atoms. The van der Waals surface area contributed by atoms with Crippen LogP contribution in [0.1, 0.15) is 68.2 Å². The molecule has 0 radical (unpaired) electrons. The van der Waals surface area contributed by atoms with Crippen molar-refractivity contribution >= 4 is 24.0 Å². The smallest absolute Gasteiger partial charge is 0.426 e. The molecule has 0 aliphatic rings. The number of carbonyl (C=O) groups excluding carboxylic acids is 4. The summed E-state index contributed by atoms with van der Waals surface area (Å²) in [5.41, 5.74) is 7.53. The van der Waals surface area contributed by atoms with Gasteiger partial charge in [0.15, 0.2) is 0 Å². The Morgan fingerprint density at radius 3 is 1.50 bits per heavy atom. The van der Waals surface area contributed by atoms with Gasteiger partial charge < -0.3 is 9.47 Å². The van der Waals surface area contributed by atoms with E-state index < -0.39 is 47.0 Å². The molecule has 2 atom stereocenters. The average Bonchev–Trinajstić information content (AvgIpc) is 2.51. The average molecular weight is 402 g/mol. The molecule has 0 bridgehead atoms. The van der Waals surface area contributed by atoms with Gasteiger partial charge in [0.25, 0.3) is 0 Å². The summed E-state index contributed by atoms with van der Waals surface area (Å²) in [6, 6.07) is 0. The third-order valence-corrected chi connectivity index (χ3v) is 3.32. The lowest BCUT2D eigenvalue weighted by Crippen LogP contribution is -2.48. The van der Waals surface area contributed by atoms with Crippen LogP contribution in [-0.4, -0.2) is 35.2 Å². The van der Waals surface area contributed by atoms with Crippen LogP contribution < -0.4 is 21.7 Å². The number of ether oxygens (including phenoxy) is 2. The van der Waals surface area contributed by atoms with Crippen molar-refractivity contribution in [3.05, 3.63) is 0 Å². The van der Waals surface area contributed by atoms with Gasteiger partial charge in [-0.3, -0.25) is 20.4 Å². The Kier molecular flexibility index (Phi) is 9.76. The number of amides is 4. The molecule has 0 aromatic rings. The number of rotatable bonds is 5. The van der Waals surface area contributed by atoms with Crippen LogP contribution in [0.25, 0.3) is 0 Å². The van der Waals surface area contributed by atoms with E-state index in [4.69, 9.17) is 9.47 Å². The van der Waals surface area contributed by atoms with Crippen molar-refractivity contribution < 1.29 is 28.7 Å². The minimum absolute atomic E-state index is 0.222. The maximum atomic E-state index is 12.2. The Bertz CT molecular complexity index is 565. The molecule has 0 fully saturated rings. The molecule has 10 heteroatoms. The van der Waals surface area contributed by atoms with E-state index in [0.29, 0.717) is 6.42 Å². The van der Waals surface area contributed by atoms with Crippen molar-refractivity contribution in [2.75, 3.05) is 0 Å². The zero-order chi connectivity index (χ0) is 22.1. The Morgan fingerprint density at radius 2 is 1.14 bits per heavy atom. The third-order valence-electron chi connectivity index (χ3n) is 3.32. The first-order valence-corrected chi connectivity index (χ1v) is 9.22. The van der Waals surface area contributed by atoms with Crippen molar-refractivity contribution in [3.63, 3.8) is 0 Å². The molecule has 4 amide bonds.